The summed E-state index contributed by atoms with van der Waals surface area (Å²) < 4.78 is 38.1. The highest BCUT2D eigenvalue weighted by Gasteiger charge is 2.32. The summed E-state index contributed by atoms with van der Waals surface area (Å²) >= 11 is 0. The summed E-state index contributed by atoms with van der Waals surface area (Å²) in [5, 5.41) is 3.00. The number of hydrogen-bond donors (Lipinski definition) is 1. The number of hydrogen-bond acceptors (Lipinski definition) is 4. The number of alkyl halides is 3. The van der Waals surface area contributed by atoms with E-state index in [1.807, 2.05) is 6.07 Å². The van der Waals surface area contributed by atoms with Crippen LogP contribution in [0.2, 0.25) is 0 Å². The summed E-state index contributed by atoms with van der Waals surface area (Å²) in [6, 6.07) is 14.8. The molecule has 1 aromatic carbocycles. The van der Waals surface area contributed by atoms with Crippen molar-refractivity contribution in [3.8, 4) is 0 Å². The molecule has 146 valence electrons. The van der Waals surface area contributed by atoms with Crippen LogP contribution in [-0.4, -0.2) is 54.1 Å². The minimum absolute atomic E-state index is 0.266. The predicted molar refractivity (Wildman–Crippen MR) is 100 cm³/mol. The third kappa shape index (κ3) is 5.68. The number of likely N-dealkylation sites (N-methyl/N-ethyl adjacent to an activating group) is 1. The first-order valence-corrected chi connectivity index (χ1v) is 9.16. The summed E-state index contributed by atoms with van der Waals surface area (Å²) in [7, 11) is 2.14. The molecule has 1 N–H and O–H groups in total. The van der Waals surface area contributed by atoms with E-state index in [-0.39, 0.29) is 5.82 Å². The number of anilines is 1. The number of rotatable bonds is 7. The van der Waals surface area contributed by atoms with E-state index in [0.717, 1.165) is 38.7 Å². The van der Waals surface area contributed by atoms with Gasteiger partial charge in [-0.05, 0) is 37.7 Å². The second-order valence-corrected chi connectivity index (χ2v) is 6.98. The molecule has 2 heterocycles. The molecular weight excluding hydrogens is 353 g/mol. The minimum atomic E-state index is -4.41. The van der Waals surface area contributed by atoms with Crippen molar-refractivity contribution < 1.29 is 13.2 Å². The van der Waals surface area contributed by atoms with Crippen LogP contribution in [0, 0.1) is 0 Å². The fraction of sp³-hybridized carbons (Fsp3) is 0.450. The lowest BCUT2D eigenvalue weighted by molar-refractivity contribution is -0.141. The van der Waals surface area contributed by atoms with E-state index in [0.29, 0.717) is 12.6 Å². The van der Waals surface area contributed by atoms with Crippen LogP contribution in [0.15, 0.2) is 48.5 Å². The van der Waals surface area contributed by atoms with Crippen LogP contribution in [0.25, 0.3) is 0 Å². The zero-order valence-electron chi connectivity index (χ0n) is 15.4. The van der Waals surface area contributed by atoms with Gasteiger partial charge in [0.25, 0.3) is 0 Å². The Bertz CT molecular complexity index is 721. The Labute approximate surface area is 158 Å². The maximum atomic E-state index is 12.7. The number of nitrogens with zero attached hydrogens (tertiary/aromatic N) is 3. The number of pyridine rings is 1. The van der Waals surface area contributed by atoms with Crippen molar-refractivity contribution in [2.24, 2.45) is 0 Å². The normalized spacial score (nSPS) is 18.2. The highest BCUT2D eigenvalue weighted by Crippen LogP contribution is 2.28. The molecule has 1 unspecified atom stereocenters. The lowest BCUT2D eigenvalue weighted by Gasteiger charge is -2.25. The van der Waals surface area contributed by atoms with Gasteiger partial charge in [0.05, 0.1) is 0 Å². The van der Waals surface area contributed by atoms with Gasteiger partial charge in [-0.25, -0.2) is 4.98 Å². The maximum absolute atomic E-state index is 12.7. The Morgan fingerprint density at radius 1 is 1.15 bits per heavy atom. The average Bonchev–Trinajstić information content (AvgIpc) is 3.11. The highest BCUT2D eigenvalue weighted by atomic mass is 19.4. The number of halogens is 3. The Morgan fingerprint density at radius 3 is 2.67 bits per heavy atom. The Hall–Kier alpha value is -2.12. The van der Waals surface area contributed by atoms with Crippen molar-refractivity contribution in [3.63, 3.8) is 0 Å². The second kappa shape index (κ2) is 8.71. The fourth-order valence-electron chi connectivity index (χ4n) is 3.41. The van der Waals surface area contributed by atoms with Gasteiger partial charge in [-0.1, -0.05) is 36.4 Å². The molecule has 0 aliphatic carbocycles. The molecule has 27 heavy (non-hydrogen) atoms. The molecule has 1 aliphatic heterocycles. The second-order valence-electron chi connectivity index (χ2n) is 6.98. The number of aromatic nitrogens is 1. The molecule has 1 aliphatic rings. The first-order chi connectivity index (χ1) is 12.9. The summed E-state index contributed by atoms with van der Waals surface area (Å²) in [5.41, 5.74) is 0.437. The summed E-state index contributed by atoms with van der Waals surface area (Å²) in [6.45, 7) is 4.26. The molecule has 1 atom stereocenters. The first-order valence-electron chi connectivity index (χ1n) is 9.16. The topological polar surface area (TPSA) is 31.4 Å². The van der Waals surface area contributed by atoms with Gasteiger partial charge in [-0.3, -0.25) is 9.80 Å². The number of likely N-dealkylation sites (tertiary alicyclic amines) is 1. The van der Waals surface area contributed by atoms with Crippen LogP contribution >= 0.6 is 0 Å². The standard InChI is InChI=1S/C20H25F3N4/c1-26(14-16-6-3-2-4-7-16)17-10-12-27(15-17)13-11-24-19-9-5-8-18(25-19)20(21,22)23/h2-9,17H,10-15H2,1H3,(H,24,25). The third-order valence-electron chi connectivity index (χ3n) is 4.92. The molecule has 1 saturated heterocycles. The SMILES string of the molecule is CN(Cc1ccccc1)C1CCN(CCNc2cccc(C(F)(F)F)n2)C1. The van der Waals surface area contributed by atoms with Gasteiger partial charge in [0.15, 0.2) is 0 Å². The van der Waals surface area contributed by atoms with E-state index in [9.17, 15) is 13.2 Å². The van der Waals surface area contributed by atoms with Crippen molar-refractivity contribution in [2.45, 2.75) is 25.2 Å². The Balaban J connectivity index is 1.43. The van der Waals surface area contributed by atoms with Crippen molar-refractivity contribution in [1.82, 2.24) is 14.8 Å². The average molecular weight is 378 g/mol. The Kier molecular flexibility index (Phi) is 6.34. The molecular formula is C20H25F3N4. The largest absolute Gasteiger partial charge is 0.433 e. The maximum Gasteiger partial charge on any atom is 0.433 e. The van der Waals surface area contributed by atoms with Gasteiger partial charge >= 0.3 is 6.18 Å². The van der Waals surface area contributed by atoms with Crippen LogP contribution in [0.4, 0.5) is 19.0 Å². The molecule has 0 saturated carbocycles. The van der Waals surface area contributed by atoms with Crippen molar-refractivity contribution in [1.29, 1.82) is 0 Å². The van der Waals surface area contributed by atoms with Gasteiger partial charge in [0.2, 0.25) is 0 Å². The van der Waals surface area contributed by atoms with Gasteiger partial charge < -0.3 is 5.32 Å². The van der Waals surface area contributed by atoms with Crippen LogP contribution in [-0.2, 0) is 12.7 Å². The number of nitrogens with one attached hydrogen (secondary N) is 1. The third-order valence-corrected chi connectivity index (χ3v) is 4.92. The van der Waals surface area contributed by atoms with E-state index >= 15 is 0 Å². The van der Waals surface area contributed by atoms with Crippen LogP contribution in [0.3, 0.4) is 0 Å². The summed E-state index contributed by atoms with van der Waals surface area (Å²) in [4.78, 5) is 8.35. The minimum Gasteiger partial charge on any atom is -0.369 e. The zero-order chi connectivity index (χ0) is 19.3. The molecule has 7 heteroatoms. The van der Waals surface area contributed by atoms with Crippen LogP contribution in [0.1, 0.15) is 17.7 Å². The van der Waals surface area contributed by atoms with Crippen molar-refractivity contribution >= 4 is 5.82 Å². The van der Waals surface area contributed by atoms with Crippen molar-refractivity contribution in [3.05, 3.63) is 59.8 Å². The molecule has 0 bridgehead atoms. The van der Waals surface area contributed by atoms with E-state index in [1.54, 1.807) is 6.07 Å². The van der Waals surface area contributed by atoms with Gasteiger partial charge in [0.1, 0.15) is 11.5 Å². The van der Waals surface area contributed by atoms with E-state index < -0.39 is 11.9 Å². The molecule has 0 spiro atoms. The quantitative estimate of drug-likeness (QED) is 0.796. The van der Waals surface area contributed by atoms with Gasteiger partial charge in [-0.2, -0.15) is 13.2 Å². The molecule has 0 amide bonds. The van der Waals surface area contributed by atoms with Crippen LogP contribution in [0.5, 0.6) is 0 Å². The highest BCUT2D eigenvalue weighted by molar-refractivity contribution is 5.35. The number of benzene rings is 1. The van der Waals surface area contributed by atoms with E-state index in [1.165, 1.54) is 11.6 Å². The fourth-order valence-corrected chi connectivity index (χ4v) is 3.41. The zero-order valence-corrected chi connectivity index (χ0v) is 15.4. The molecule has 2 aromatic rings. The van der Waals surface area contributed by atoms with E-state index in [2.05, 4.69) is 51.4 Å². The van der Waals surface area contributed by atoms with Crippen LogP contribution < -0.4 is 5.32 Å². The monoisotopic (exact) mass is 378 g/mol. The predicted octanol–water partition coefficient (Wildman–Crippen LogP) is 3.72. The molecule has 0 radical (unpaired) electrons. The molecule has 3 rings (SSSR count). The molecule has 1 aromatic heterocycles. The molecule has 4 nitrogen and oxygen atoms in total. The smallest absolute Gasteiger partial charge is 0.369 e. The summed E-state index contributed by atoms with van der Waals surface area (Å²) in [6.07, 6.45) is -3.31. The Morgan fingerprint density at radius 2 is 1.93 bits per heavy atom. The van der Waals surface area contributed by atoms with Gasteiger partial charge in [-0.15, -0.1) is 0 Å². The lowest BCUT2D eigenvalue weighted by atomic mass is 10.1. The van der Waals surface area contributed by atoms with Crippen molar-refractivity contribution in [2.75, 3.05) is 38.5 Å². The van der Waals surface area contributed by atoms with Gasteiger partial charge in [0, 0.05) is 32.2 Å². The first kappa shape index (κ1) is 19.6. The lowest BCUT2D eigenvalue weighted by Crippen LogP contribution is -2.35. The van der Waals surface area contributed by atoms with E-state index in [4.69, 9.17) is 0 Å². The summed E-state index contributed by atoms with van der Waals surface area (Å²) in [5.74, 6) is 0.266. The molecule has 1 fully saturated rings.